The zero-order valence-corrected chi connectivity index (χ0v) is 11.5. The maximum absolute atomic E-state index is 11.5. The Morgan fingerprint density at radius 1 is 1.30 bits per heavy atom. The molecule has 0 radical (unpaired) electrons. The Hall–Kier alpha value is -1.81. The monoisotopic (exact) mass is 291 g/mol. The molecule has 20 heavy (non-hydrogen) atoms. The van der Waals surface area contributed by atoms with Crippen molar-refractivity contribution >= 4 is 34.3 Å². The largest absolute Gasteiger partial charge is 0.477 e. The van der Waals surface area contributed by atoms with E-state index in [9.17, 15) is 14.7 Å². The number of hydrogen-bond donors (Lipinski definition) is 2. The van der Waals surface area contributed by atoms with E-state index in [1.807, 2.05) is 12.1 Å². The van der Waals surface area contributed by atoms with Crippen molar-refractivity contribution in [2.45, 2.75) is 31.6 Å². The van der Waals surface area contributed by atoms with Crippen molar-refractivity contribution < 1.29 is 14.7 Å². The van der Waals surface area contributed by atoms with Crippen molar-refractivity contribution in [1.29, 1.82) is 0 Å². The highest BCUT2D eigenvalue weighted by atomic mass is 35.5. The van der Waals surface area contributed by atoms with Gasteiger partial charge in [-0.15, -0.1) is 0 Å². The third kappa shape index (κ3) is 2.10. The van der Waals surface area contributed by atoms with Gasteiger partial charge in [-0.1, -0.05) is 23.7 Å². The highest BCUT2D eigenvalue weighted by molar-refractivity contribution is 6.35. The Morgan fingerprint density at radius 3 is 2.65 bits per heavy atom. The summed E-state index contributed by atoms with van der Waals surface area (Å²) < 4.78 is 0. The molecule has 1 aromatic heterocycles. The van der Waals surface area contributed by atoms with E-state index >= 15 is 0 Å². The first-order chi connectivity index (χ1) is 9.58. The fourth-order valence-corrected chi connectivity index (χ4v) is 3.25. The smallest absolute Gasteiger partial charge is 0.352 e. The zero-order valence-electron chi connectivity index (χ0n) is 10.8. The minimum Gasteiger partial charge on any atom is -0.477 e. The quantitative estimate of drug-likeness (QED) is 0.885. The summed E-state index contributed by atoms with van der Waals surface area (Å²) in [5.74, 6) is -0.619. The first kappa shape index (κ1) is 13.2. The van der Waals surface area contributed by atoms with Crippen molar-refractivity contribution in [3.63, 3.8) is 0 Å². The minimum absolute atomic E-state index is 0.103. The molecule has 1 fully saturated rings. The first-order valence-corrected chi connectivity index (χ1v) is 7.01. The molecule has 4 nitrogen and oxygen atoms in total. The molecule has 0 aliphatic heterocycles. The topological polar surface area (TPSA) is 70.2 Å². The number of nitrogens with one attached hydrogen (secondary N) is 1. The number of carbonyl (C=O) groups is 2. The highest BCUT2D eigenvalue weighted by Crippen LogP contribution is 2.39. The lowest BCUT2D eigenvalue weighted by Crippen LogP contribution is -2.14. The molecule has 1 aliphatic carbocycles. The van der Waals surface area contributed by atoms with Crippen LogP contribution in [0.25, 0.3) is 10.9 Å². The molecule has 2 N–H and O–H groups in total. The fraction of sp³-hybridized carbons (Fsp3) is 0.333. The lowest BCUT2D eigenvalue weighted by molar-refractivity contribution is -0.120. The van der Waals surface area contributed by atoms with Gasteiger partial charge < -0.3 is 10.1 Å². The Labute approximate surface area is 120 Å². The van der Waals surface area contributed by atoms with Crippen LogP contribution in [-0.4, -0.2) is 21.8 Å². The Bertz CT molecular complexity index is 694. The van der Waals surface area contributed by atoms with Crippen LogP contribution in [0.5, 0.6) is 0 Å². The molecular formula is C15H14ClNO3. The van der Waals surface area contributed by atoms with Gasteiger partial charge in [-0.3, -0.25) is 4.79 Å². The number of carboxylic acids is 1. The lowest BCUT2D eigenvalue weighted by atomic mass is 9.82. The molecule has 0 saturated heterocycles. The van der Waals surface area contributed by atoms with E-state index in [4.69, 9.17) is 11.6 Å². The number of fused-ring (bicyclic) bond motifs is 1. The number of halogens is 1. The summed E-state index contributed by atoms with van der Waals surface area (Å²) in [5.41, 5.74) is 1.66. The van der Waals surface area contributed by atoms with Crippen molar-refractivity contribution in [2.75, 3.05) is 0 Å². The SMILES string of the molecule is O=C1CCC(c2c(C(=O)O)[nH]c3c(Cl)cccc23)CC1. The average molecular weight is 292 g/mol. The second-order valence-electron chi connectivity index (χ2n) is 5.19. The van der Waals surface area contributed by atoms with Crippen LogP contribution in [0.15, 0.2) is 18.2 Å². The van der Waals surface area contributed by atoms with Gasteiger partial charge in [0.05, 0.1) is 10.5 Å². The van der Waals surface area contributed by atoms with Crippen LogP contribution >= 0.6 is 11.6 Å². The molecule has 3 rings (SSSR count). The summed E-state index contributed by atoms with van der Waals surface area (Å²) in [6.45, 7) is 0. The predicted molar refractivity (Wildman–Crippen MR) is 76.5 cm³/mol. The molecule has 2 aromatic rings. The maximum atomic E-state index is 11.5. The number of para-hydroxylation sites is 1. The van der Waals surface area contributed by atoms with Crippen LogP contribution in [0.1, 0.15) is 47.7 Å². The van der Waals surface area contributed by atoms with Crippen molar-refractivity contribution in [1.82, 2.24) is 4.98 Å². The zero-order chi connectivity index (χ0) is 14.3. The number of carboxylic acid groups (broad SMARTS) is 1. The summed E-state index contributed by atoms with van der Waals surface area (Å²) >= 11 is 6.13. The fourth-order valence-electron chi connectivity index (χ4n) is 3.02. The highest BCUT2D eigenvalue weighted by Gasteiger charge is 2.28. The summed E-state index contributed by atoms with van der Waals surface area (Å²) in [7, 11) is 0. The molecule has 0 spiro atoms. The first-order valence-electron chi connectivity index (χ1n) is 6.63. The van der Waals surface area contributed by atoms with Gasteiger partial charge in [-0.2, -0.15) is 0 Å². The molecule has 0 unspecified atom stereocenters. The van der Waals surface area contributed by atoms with E-state index in [2.05, 4.69) is 4.98 Å². The summed E-state index contributed by atoms with van der Waals surface area (Å²) in [5, 5.41) is 10.8. The van der Waals surface area contributed by atoms with Gasteiger partial charge in [0.2, 0.25) is 0 Å². The molecular weight excluding hydrogens is 278 g/mol. The number of hydrogen-bond acceptors (Lipinski definition) is 2. The number of carbonyl (C=O) groups excluding carboxylic acids is 1. The van der Waals surface area contributed by atoms with Gasteiger partial charge >= 0.3 is 5.97 Å². The van der Waals surface area contributed by atoms with Gasteiger partial charge in [0.25, 0.3) is 0 Å². The van der Waals surface area contributed by atoms with E-state index in [1.54, 1.807) is 6.07 Å². The maximum Gasteiger partial charge on any atom is 0.352 e. The third-order valence-corrected chi connectivity index (χ3v) is 4.30. The van der Waals surface area contributed by atoms with Gasteiger partial charge in [0.15, 0.2) is 0 Å². The number of aromatic carboxylic acids is 1. The number of benzene rings is 1. The van der Waals surface area contributed by atoms with Crippen LogP contribution < -0.4 is 0 Å². The Kier molecular flexibility index (Phi) is 3.26. The molecule has 104 valence electrons. The van der Waals surface area contributed by atoms with Crippen molar-refractivity contribution in [3.05, 3.63) is 34.5 Å². The van der Waals surface area contributed by atoms with Crippen molar-refractivity contribution in [3.8, 4) is 0 Å². The van der Waals surface area contributed by atoms with E-state index < -0.39 is 5.97 Å². The van der Waals surface area contributed by atoms with Crippen LogP contribution in [0, 0.1) is 0 Å². The van der Waals surface area contributed by atoms with Crippen LogP contribution in [0.2, 0.25) is 5.02 Å². The molecule has 0 bridgehead atoms. The molecule has 0 amide bonds. The number of rotatable bonds is 2. The predicted octanol–water partition coefficient (Wildman–Crippen LogP) is 3.75. The third-order valence-electron chi connectivity index (χ3n) is 3.99. The molecule has 1 heterocycles. The standard InChI is InChI=1S/C15H14ClNO3/c16-11-3-1-2-10-12(8-4-6-9(18)7-5-8)14(15(19)20)17-13(10)11/h1-3,8,17H,4-7H2,(H,19,20). The molecule has 5 heteroatoms. The Balaban J connectivity index is 2.17. The van der Waals surface area contributed by atoms with Crippen LogP contribution in [0.3, 0.4) is 0 Å². The van der Waals surface area contributed by atoms with Gasteiger partial charge in [-0.25, -0.2) is 4.79 Å². The number of H-pyrrole nitrogens is 1. The number of aromatic amines is 1. The Morgan fingerprint density at radius 2 is 2.00 bits per heavy atom. The van der Waals surface area contributed by atoms with E-state index in [1.165, 1.54) is 0 Å². The molecule has 1 saturated carbocycles. The van der Waals surface area contributed by atoms with E-state index in [-0.39, 0.29) is 17.4 Å². The number of aromatic nitrogens is 1. The number of ketones is 1. The second-order valence-corrected chi connectivity index (χ2v) is 5.60. The normalized spacial score (nSPS) is 16.8. The summed E-state index contributed by atoms with van der Waals surface area (Å²) in [4.78, 5) is 25.8. The average Bonchev–Trinajstić information content (AvgIpc) is 2.81. The molecule has 1 aromatic carbocycles. The van der Waals surface area contributed by atoms with E-state index in [0.29, 0.717) is 36.2 Å². The summed E-state index contributed by atoms with van der Waals surface area (Å²) in [6.07, 6.45) is 2.46. The van der Waals surface area contributed by atoms with Gasteiger partial charge in [-0.05, 0) is 30.4 Å². The molecule has 1 aliphatic rings. The van der Waals surface area contributed by atoms with Crippen molar-refractivity contribution in [2.24, 2.45) is 0 Å². The van der Waals surface area contributed by atoms with Gasteiger partial charge in [0.1, 0.15) is 11.5 Å². The van der Waals surface area contributed by atoms with Crippen LogP contribution in [0.4, 0.5) is 0 Å². The van der Waals surface area contributed by atoms with Gasteiger partial charge in [0, 0.05) is 18.2 Å². The minimum atomic E-state index is -0.982. The van der Waals surface area contributed by atoms with E-state index in [0.717, 1.165) is 10.9 Å². The second kappa shape index (κ2) is 4.94. The van der Waals surface area contributed by atoms with Crippen LogP contribution in [-0.2, 0) is 4.79 Å². The summed E-state index contributed by atoms with van der Waals surface area (Å²) in [6, 6.07) is 5.44. The lowest BCUT2D eigenvalue weighted by Gasteiger charge is -2.21. The number of Topliss-reactive ketones (excluding diaryl/α,β-unsaturated/α-hetero) is 1. The molecule has 0 atom stereocenters.